The molecule has 0 atom stereocenters. The Morgan fingerprint density at radius 1 is 1.33 bits per heavy atom. The molecule has 0 aliphatic rings. The number of hydrogen-bond donors (Lipinski definition) is 1. The van der Waals surface area contributed by atoms with Crippen molar-refractivity contribution < 1.29 is 9.18 Å². The summed E-state index contributed by atoms with van der Waals surface area (Å²) in [4.78, 5) is 16.4. The van der Waals surface area contributed by atoms with Crippen LogP contribution in [0.5, 0.6) is 0 Å². The molecule has 0 aliphatic heterocycles. The molecule has 0 aliphatic carbocycles. The van der Waals surface area contributed by atoms with Gasteiger partial charge in [0.05, 0.1) is 26.5 Å². The highest BCUT2D eigenvalue weighted by Crippen LogP contribution is 2.32. The van der Waals surface area contributed by atoms with Crippen molar-refractivity contribution in [3.63, 3.8) is 0 Å². The molecule has 1 heterocycles. The molecule has 0 fully saturated rings. The number of amides is 1. The molecular weight excluding hydrogens is 311 g/mol. The summed E-state index contributed by atoms with van der Waals surface area (Å²) in [5, 5.41) is 3.02. The highest BCUT2D eigenvalue weighted by molar-refractivity contribution is 7.16. The summed E-state index contributed by atoms with van der Waals surface area (Å²) in [6.07, 6.45) is 0. The molecule has 106 valence electrons. The van der Waals surface area contributed by atoms with Gasteiger partial charge in [0.25, 0.3) is 5.91 Å². The molecule has 1 N–H and O–H groups in total. The molecule has 6 heteroatoms. The molecule has 1 aromatic heterocycles. The van der Waals surface area contributed by atoms with Gasteiger partial charge in [0.2, 0.25) is 0 Å². The molecular formula is C15H10ClFN2OS. The number of anilines is 1. The number of carbonyl (C=O) groups excluding carboxylic acids is 1. The first-order valence-electron chi connectivity index (χ1n) is 6.15. The lowest BCUT2D eigenvalue weighted by Gasteiger charge is -2.09. The quantitative estimate of drug-likeness (QED) is 0.746. The number of aryl methyl sites for hydroxylation is 1. The predicted octanol–water partition coefficient (Wildman–Crippen LogP) is 4.65. The maximum absolute atomic E-state index is 13.9. The lowest BCUT2D eigenvalue weighted by atomic mass is 10.1. The van der Waals surface area contributed by atoms with Crippen molar-refractivity contribution in [2.75, 3.05) is 5.32 Å². The van der Waals surface area contributed by atoms with Crippen LogP contribution in [0.3, 0.4) is 0 Å². The van der Waals surface area contributed by atoms with Gasteiger partial charge in [-0.05, 0) is 36.8 Å². The number of benzene rings is 2. The number of aromatic nitrogens is 1. The number of hydrogen-bond acceptors (Lipinski definition) is 3. The van der Waals surface area contributed by atoms with Gasteiger partial charge in [0, 0.05) is 0 Å². The van der Waals surface area contributed by atoms with Crippen LogP contribution < -0.4 is 5.32 Å². The average molecular weight is 321 g/mol. The number of nitrogens with one attached hydrogen (secondary N) is 1. The second-order valence-electron chi connectivity index (χ2n) is 4.56. The van der Waals surface area contributed by atoms with E-state index < -0.39 is 11.7 Å². The van der Waals surface area contributed by atoms with Gasteiger partial charge >= 0.3 is 0 Å². The third-order valence-electron chi connectivity index (χ3n) is 3.06. The number of rotatable bonds is 2. The fourth-order valence-corrected chi connectivity index (χ4v) is 2.90. The number of halogens is 2. The Morgan fingerprint density at radius 2 is 2.14 bits per heavy atom. The fraction of sp³-hybridized carbons (Fsp3) is 0.0667. The standard InChI is InChI=1S/C15H10ClFN2OS/c1-8-2-3-9(11(17)6-8)15(20)19-13-10(16)4-5-12-14(13)18-7-21-12/h2-7H,1H3,(H,19,20). The minimum absolute atomic E-state index is 0.0242. The van der Waals surface area contributed by atoms with Gasteiger partial charge in [-0.15, -0.1) is 11.3 Å². The van der Waals surface area contributed by atoms with Crippen LogP contribution in [0.1, 0.15) is 15.9 Å². The molecule has 3 rings (SSSR count). The van der Waals surface area contributed by atoms with Crippen LogP contribution in [0, 0.1) is 12.7 Å². The predicted molar refractivity (Wildman–Crippen MR) is 83.7 cm³/mol. The Labute approximate surface area is 129 Å². The zero-order valence-electron chi connectivity index (χ0n) is 11.0. The summed E-state index contributed by atoms with van der Waals surface area (Å²) >= 11 is 7.56. The molecule has 0 spiro atoms. The topological polar surface area (TPSA) is 42.0 Å². The van der Waals surface area contributed by atoms with Crippen LogP contribution in [0.4, 0.5) is 10.1 Å². The zero-order valence-corrected chi connectivity index (χ0v) is 12.6. The summed E-state index contributed by atoms with van der Waals surface area (Å²) in [5.41, 5.74) is 3.41. The van der Waals surface area contributed by atoms with Gasteiger partial charge in [0.1, 0.15) is 11.3 Å². The van der Waals surface area contributed by atoms with E-state index in [0.717, 1.165) is 10.3 Å². The Morgan fingerprint density at radius 3 is 2.90 bits per heavy atom. The second kappa shape index (κ2) is 5.42. The van der Waals surface area contributed by atoms with Crippen molar-refractivity contribution in [3.05, 3.63) is 57.8 Å². The molecule has 0 saturated heterocycles. The van der Waals surface area contributed by atoms with Crippen molar-refractivity contribution in [3.8, 4) is 0 Å². The molecule has 0 unspecified atom stereocenters. The summed E-state index contributed by atoms with van der Waals surface area (Å²) in [6, 6.07) is 7.97. The summed E-state index contributed by atoms with van der Waals surface area (Å²) in [7, 11) is 0. The molecule has 0 radical (unpaired) electrons. The molecule has 1 amide bonds. The van der Waals surface area contributed by atoms with E-state index in [1.807, 2.05) is 6.07 Å². The number of carbonyl (C=O) groups is 1. The minimum atomic E-state index is -0.561. The second-order valence-corrected chi connectivity index (χ2v) is 5.85. The normalized spacial score (nSPS) is 10.8. The first kappa shape index (κ1) is 14.0. The smallest absolute Gasteiger partial charge is 0.258 e. The van der Waals surface area contributed by atoms with Crippen LogP contribution in [0.15, 0.2) is 35.8 Å². The van der Waals surface area contributed by atoms with E-state index in [1.54, 1.807) is 24.6 Å². The number of fused-ring (bicyclic) bond motifs is 1. The average Bonchev–Trinajstić information content (AvgIpc) is 2.90. The lowest BCUT2D eigenvalue weighted by molar-refractivity contribution is 0.102. The largest absolute Gasteiger partial charge is 0.319 e. The van der Waals surface area contributed by atoms with Gasteiger partial charge < -0.3 is 5.32 Å². The van der Waals surface area contributed by atoms with E-state index in [9.17, 15) is 9.18 Å². The first-order chi connectivity index (χ1) is 10.1. The van der Waals surface area contributed by atoms with E-state index in [4.69, 9.17) is 11.6 Å². The molecule has 2 aromatic carbocycles. The Bertz CT molecular complexity index is 847. The molecule has 0 bridgehead atoms. The van der Waals surface area contributed by atoms with Crippen molar-refractivity contribution in [2.45, 2.75) is 6.92 Å². The fourth-order valence-electron chi connectivity index (χ4n) is 2.01. The van der Waals surface area contributed by atoms with Gasteiger partial charge in [-0.25, -0.2) is 9.37 Å². The van der Waals surface area contributed by atoms with Crippen molar-refractivity contribution in [1.29, 1.82) is 0 Å². The summed E-state index contributed by atoms with van der Waals surface area (Å²) < 4.78 is 14.8. The Kier molecular flexibility index (Phi) is 3.61. The van der Waals surface area contributed by atoms with E-state index in [1.165, 1.54) is 23.5 Å². The van der Waals surface area contributed by atoms with Crippen LogP contribution in [-0.2, 0) is 0 Å². The number of thiazole rings is 1. The van der Waals surface area contributed by atoms with Gasteiger partial charge in [-0.2, -0.15) is 0 Å². The highest BCUT2D eigenvalue weighted by Gasteiger charge is 2.16. The van der Waals surface area contributed by atoms with Gasteiger partial charge in [-0.1, -0.05) is 17.7 Å². The Hall–Kier alpha value is -1.98. The van der Waals surface area contributed by atoms with E-state index >= 15 is 0 Å². The van der Waals surface area contributed by atoms with Crippen LogP contribution in [0.2, 0.25) is 5.02 Å². The van der Waals surface area contributed by atoms with Crippen LogP contribution in [0.25, 0.3) is 10.2 Å². The van der Waals surface area contributed by atoms with E-state index in [0.29, 0.717) is 16.2 Å². The number of nitrogens with zero attached hydrogens (tertiary/aromatic N) is 1. The van der Waals surface area contributed by atoms with E-state index in [-0.39, 0.29) is 5.56 Å². The van der Waals surface area contributed by atoms with Crippen molar-refractivity contribution in [2.24, 2.45) is 0 Å². The zero-order chi connectivity index (χ0) is 15.0. The van der Waals surface area contributed by atoms with Crippen molar-refractivity contribution >= 4 is 44.7 Å². The SMILES string of the molecule is Cc1ccc(C(=O)Nc2c(Cl)ccc3scnc23)c(F)c1. The van der Waals surface area contributed by atoms with Gasteiger partial charge in [-0.3, -0.25) is 4.79 Å². The van der Waals surface area contributed by atoms with E-state index in [2.05, 4.69) is 10.3 Å². The lowest BCUT2D eigenvalue weighted by Crippen LogP contribution is -2.14. The van der Waals surface area contributed by atoms with Gasteiger partial charge in [0.15, 0.2) is 0 Å². The monoisotopic (exact) mass is 320 g/mol. The van der Waals surface area contributed by atoms with Crippen molar-refractivity contribution in [1.82, 2.24) is 4.98 Å². The third-order valence-corrected chi connectivity index (χ3v) is 4.17. The molecule has 3 aromatic rings. The molecule has 0 saturated carbocycles. The maximum atomic E-state index is 13.9. The van der Waals surface area contributed by atoms with Crippen LogP contribution in [-0.4, -0.2) is 10.9 Å². The van der Waals surface area contributed by atoms with Crippen LogP contribution >= 0.6 is 22.9 Å². The summed E-state index contributed by atoms with van der Waals surface area (Å²) in [6.45, 7) is 1.76. The maximum Gasteiger partial charge on any atom is 0.258 e. The summed E-state index contributed by atoms with van der Waals surface area (Å²) in [5.74, 6) is -1.11. The highest BCUT2D eigenvalue weighted by atomic mass is 35.5. The minimum Gasteiger partial charge on any atom is -0.319 e. The Balaban J connectivity index is 2.00. The first-order valence-corrected chi connectivity index (χ1v) is 7.41. The third kappa shape index (κ3) is 2.62. The molecule has 21 heavy (non-hydrogen) atoms. The molecule has 3 nitrogen and oxygen atoms in total.